The first kappa shape index (κ1) is 29.8. The Morgan fingerprint density at radius 3 is 2.12 bits per heavy atom. The molecule has 3 atom stereocenters. The highest BCUT2D eigenvalue weighted by molar-refractivity contribution is 7.92. The molecule has 4 nitrogen and oxygen atoms in total. The third-order valence-electron chi connectivity index (χ3n) is 6.80. The zero-order valence-electron chi connectivity index (χ0n) is 22.4. The summed E-state index contributed by atoms with van der Waals surface area (Å²) in [6.45, 7) is 20.4. The van der Waals surface area contributed by atoms with Crippen molar-refractivity contribution in [3.63, 3.8) is 0 Å². The molecule has 1 N–H and O–H groups in total. The van der Waals surface area contributed by atoms with E-state index >= 15 is 0 Å². The molecule has 0 spiro atoms. The second-order valence-corrected chi connectivity index (χ2v) is 18.2. The molecule has 6 heteroatoms. The van der Waals surface area contributed by atoms with Gasteiger partial charge in [-0.2, -0.15) is 0 Å². The topological polar surface area (TPSA) is 63.6 Å². The molecule has 0 saturated carbocycles. The van der Waals surface area contributed by atoms with E-state index in [-0.39, 0.29) is 16.4 Å². The first-order chi connectivity index (χ1) is 14.9. The van der Waals surface area contributed by atoms with Gasteiger partial charge in [-0.3, -0.25) is 0 Å². The van der Waals surface area contributed by atoms with Gasteiger partial charge in [0.15, 0.2) is 18.2 Å². The predicted molar refractivity (Wildman–Crippen MR) is 143 cm³/mol. The largest absolute Gasteiger partial charge is 0.411 e. The van der Waals surface area contributed by atoms with Crippen LogP contribution in [0.2, 0.25) is 18.1 Å². The smallest absolute Gasteiger partial charge is 0.192 e. The number of benzene rings is 1. The minimum Gasteiger partial charge on any atom is -0.411 e. The second-order valence-electron chi connectivity index (χ2n) is 11.3. The monoisotopic (exact) mass is 494 g/mol. The maximum atomic E-state index is 13.6. The highest BCUT2D eigenvalue weighted by Crippen LogP contribution is 2.39. The Bertz CT molecular complexity index is 919. The van der Waals surface area contributed by atoms with Crippen molar-refractivity contribution in [1.82, 2.24) is 0 Å². The van der Waals surface area contributed by atoms with Crippen LogP contribution < -0.4 is 0 Å². The van der Waals surface area contributed by atoms with E-state index in [2.05, 4.69) is 53.8 Å². The van der Waals surface area contributed by atoms with Gasteiger partial charge in [0.1, 0.15) is 0 Å². The molecule has 0 saturated heterocycles. The molecular formula is C27H46O4SSi. The molecule has 0 fully saturated rings. The Balaban J connectivity index is 3.29. The van der Waals surface area contributed by atoms with Crippen LogP contribution in [-0.2, 0) is 14.3 Å². The average molecular weight is 495 g/mol. The van der Waals surface area contributed by atoms with Gasteiger partial charge in [0, 0.05) is 0 Å². The summed E-state index contributed by atoms with van der Waals surface area (Å²) in [5.41, 5.74) is 0.945. The fourth-order valence-corrected chi connectivity index (χ4v) is 6.70. The zero-order chi connectivity index (χ0) is 25.7. The van der Waals surface area contributed by atoms with Crippen LogP contribution in [-0.4, -0.2) is 38.8 Å². The number of hydrogen-bond acceptors (Lipinski definition) is 4. The molecule has 0 bridgehead atoms. The summed E-state index contributed by atoms with van der Waals surface area (Å²) in [4.78, 5) is 0.275. The quantitative estimate of drug-likeness (QED) is 0.264. The average Bonchev–Trinajstić information content (AvgIpc) is 2.66. The molecule has 1 unspecified atom stereocenters. The predicted octanol–water partition coefficient (Wildman–Crippen LogP) is 7.07. The normalized spacial score (nSPS) is 17.2. The van der Waals surface area contributed by atoms with Crippen LogP contribution in [0.5, 0.6) is 0 Å². The van der Waals surface area contributed by atoms with E-state index in [1.165, 1.54) is 5.57 Å². The van der Waals surface area contributed by atoms with E-state index in [9.17, 15) is 13.5 Å². The molecular weight excluding hydrogens is 448 g/mol. The second kappa shape index (κ2) is 11.5. The summed E-state index contributed by atoms with van der Waals surface area (Å²) in [6.07, 6.45) is 5.21. The first-order valence-corrected chi connectivity index (χ1v) is 16.4. The van der Waals surface area contributed by atoms with Crippen molar-refractivity contribution in [2.24, 2.45) is 0 Å². The molecule has 1 aromatic rings. The SMILES string of the molecule is CC(C)=CCC/C(C)=C/C(C[C@](C)(O)[C@@H](C)O[Si](C)(C)C(C)(C)C)S(=O)(=O)c1ccccc1. The van der Waals surface area contributed by atoms with Gasteiger partial charge in [-0.25, -0.2) is 8.42 Å². The third kappa shape index (κ3) is 8.82. The van der Waals surface area contributed by atoms with Crippen LogP contribution >= 0.6 is 0 Å². The summed E-state index contributed by atoms with van der Waals surface area (Å²) < 4.78 is 33.6. The molecule has 0 heterocycles. The van der Waals surface area contributed by atoms with E-state index in [0.717, 1.165) is 18.4 Å². The lowest BCUT2D eigenvalue weighted by molar-refractivity contribution is -0.0495. The van der Waals surface area contributed by atoms with Gasteiger partial charge >= 0.3 is 0 Å². The third-order valence-corrected chi connectivity index (χ3v) is 13.4. The molecule has 0 aliphatic rings. The zero-order valence-corrected chi connectivity index (χ0v) is 24.2. The van der Waals surface area contributed by atoms with Gasteiger partial charge in [0.25, 0.3) is 0 Å². The number of allylic oxidation sites excluding steroid dienone is 3. The Morgan fingerprint density at radius 2 is 1.64 bits per heavy atom. The van der Waals surface area contributed by atoms with Crippen LogP contribution in [0.3, 0.4) is 0 Å². The van der Waals surface area contributed by atoms with Crippen molar-refractivity contribution in [3.05, 3.63) is 53.6 Å². The first-order valence-electron chi connectivity index (χ1n) is 11.9. The van der Waals surface area contributed by atoms with Crippen molar-refractivity contribution in [2.75, 3.05) is 0 Å². The molecule has 1 aromatic carbocycles. The molecule has 0 aliphatic heterocycles. The highest BCUT2D eigenvalue weighted by atomic mass is 32.2. The molecule has 0 aromatic heterocycles. The van der Waals surface area contributed by atoms with Crippen LogP contribution in [0, 0.1) is 0 Å². The fourth-order valence-electron chi connectivity index (χ4n) is 3.35. The summed E-state index contributed by atoms with van der Waals surface area (Å²) in [5.74, 6) is 0. The Labute approximate surface area is 204 Å². The maximum absolute atomic E-state index is 13.6. The van der Waals surface area contributed by atoms with E-state index in [1.54, 1.807) is 37.3 Å². The molecule has 0 amide bonds. The minimum absolute atomic E-state index is 0.00568. The van der Waals surface area contributed by atoms with E-state index in [1.807, 2.05) is 19.9 Å². The van der Waals surface area contributed by atoms with Crippen molar-refractivity contribution < 1.29 is 18.0 Å². The summed E-state index contributed by atoms with van der Waals surface area (Å²) in [5, 5.41) is 10.6. The van der Waals surface area contributed by atoms with Crippen LogP contribution in [0.25, 0.3) is 0 Å². The molecule has 1 rings (SSSR count). The minimum atomic E-state index is -3.67. The van der Waals surface area contributed by atoms with E-state index < -0.39 is 35.1 Å². The van der Waals surface area contributed by atoms with Crippen LogP contribution in [0.15, 0.2) is 58.5 Å². The number of rotatable bonds is 11. The Morgan fingerprint density at radius 1 is 1.09 bits per heavy atom. The number of aliphatic hydroxyl groups is 1. The van der Waals surface area contributed by atoms with Crippen molar-refractivity contribution >= 4 is 18.2 Å². The summed E-state index contributed by atoms with van der Waals surface area (Å²) in [7, 11) is -5.80. The number of hydrogen-bond donors (Lipinski definition) is 1. The van der Waals surface area contributed by atoms with Crippen molar-refractivity contribution in [3.8, 4) is 0 Å². The Hall–Kier alpha value is -1.21. The summed E-state index contributed by atoms with van der Waals surface area (Å²) >= 11 is 0. The van der Waals surface area contributed by atoms with E-state index in [0.29, 0.717) is 0 Å². The molecule has 188 valence electrons. The maximum Gasteiger partial charge on any atom is 0.192 e. The lowest BCUT2D eigenvalue weighted by atomic mass is 9.93. The molecule has 33 heavy (non-hydrogen) atoms. The van der Waals surface area contributed by atoms with Crippen molar-refractivity contribution in [2.45, 2.75) is 115 Å². The van der Waals surface area contributed by atoms with Crippen molar-refractivity contribution in [1.29, 1.82) is 0 Å². The molecule has 0 radical (unpaired) electrons. The Kier molecular flexibility index (Phi) is 10.4. The van der Waals surface area contributed by atoms with Gasteiger partial charge in [-0.1, -0.05) is 62.3 Å². The van der Waals surface area contributed by atoms with Gasteiger partial charge < -0.3 is 9.53 Å². The standard InChI is InChI=1S/C27H46O4SSi/c1-21(2)15-14-16-22(3)19-25(32(29,30)24-17-12-11-13-18-24)20-27(8,28)23(4)31-33(9,10)26(5,6)7/h11-13,15,17-19,23,25,28H,14,16,20H2,1-10H3/b22-19+/t23-,25?,27+/m1/s1. The summed E-state index contributed by atoms with van der Waals surface area (Å²) in [6, 6.07) is 8.52. The van der Waals surface area contributed by atoms with Crippen LogP contribution in [0.4, 0.5) is 0 Å². The van der Waals surface area contributed by atoms with Gasteiger partial charge in [0.2, 0.25) is 0 Å². The number of sulfone groups is 1. The van der Waals surface area contributed by atoms with Gasteiger partial charge in [-0.15, -0.1) is 0 Å². The molecule has 0 aliphatic carbocycles. The van der Waals surface area contributed by atoms with Gasteiger partial charge in [0.05, 0.1) is 21.9 Å². The van der Waals surface area contributed by atoms with E-state index in [4.69, 9.17) is 4.43 Å². The highest BCUT2D eigenvalue weighted by Gasteiger charge is 2.44. The lowest BCUT2D eigenvalue weighted by Crippen LogP contribution is -2.51. The lowest BCUT2D eigenvalue weighted by Gasteiger charge is -2.43. The van der Waals surface area contributed by atoms with Crippen LogP contribution in [0.1, 0.15) is 74.7 Å². The van der Waals surface area contributed by atoms with Gasteiger partial charge in [-0.05, 0) is 84.1 Å². The fraction of sp³-hybridized carbons (Fsp3) is 0.630.